The van der Waals surface area contributed by atoms with Crippen LogP contribution in [0.3, 0.4) is 0 Å². The van der Waals surface area contributed by atoms with Crippen molar-refractivity contribution in [2.75, 3.05) is 11.4 Å². The van der Waals surface area contributed by atoms with Crippen LogP contribution in [0.5, 0.6) is 0 Å². The Kier molecular flexibility index (Phi) is 3.27. The Hall–Kier alpha value is -2.18. The van der Waals surface area contributed by atoms with Gasteiger partial charge in [-0.05, 0) is 31.6 Å². The second kappa shape index (κ2) is 4.98. The Labute approximate surface area is 120 Å². The maximum Gasteiger partial charge on any atom is 0.338 e. The molecule has 2 saturated carbocycles. The van der Waals surface area contributed by atoms with Crippen LogP contribution in [0, 0.1) is 21.8 Å². The third-order valence-corrected chi connectivity index (χ3v) is 3.94. The molecule has 1 N–H and O–H groups in total. The highest BCUT2D eigenvalue weighted by Gasteiger charge is 2.37. The van der Waals surface area contributed by atoms with Gasteiger partial charge in [-0.25, -0.2) is 9.18 Å². The summed E-state index contributed by atoms with van der Waals surface area (Å²) in [5, 5.41) is 20.1. The monoisotopic (exact) mass is 294 g/mol. The van der Waals surface area contributed by atoms with Crippen LogP contribution in [-0.4, -0.2) is 28.6 Å². The Morgan fingerprint density at radius 2 is 2.05 bits per heavy atom. The van der Waals surface area contributed by atoms with E-state index in [1.54, 1.807) is 0 Å². The third kappa shape index (κ3) is 2.81. The maximum absolute atomic E-state index is 13.9. The first-order chi connectivity index (χ1) is 9.97. The number of carboxylic acids is 1. The summed E-state index contributed by atoms with van der Waals surface area (Å²) in [5.41, 5.74) is -0.786. The zero-order valence-corrected chi connectivity index (χ0v) is 11.3. The topological polar surface area (TPSA) is 83.7 Å². The minimum Gasteiger partial charge on any atom is -0.478 e. The summed E-state index contributed by atoms with van der Waals surface area (Å²) in [6, 6.07) is 2.04. The van der Waals surface area contributed by atoms with E-state index in [2.05, 4.69) is 0 Å². The molecule has 0 amide bonds. The van der Waals surface area contributed by atoms with Crippen molar-refractivity contribution in [3.63, 3.8) is 0 Å². The van der Waals surface area contributed by atoms with E-state index in [9.17, 15) is 19.3 Å². The second-order valence-corrected chi connectivity index (χ2v) is 5.71. The molecule has 0 atom stereocenters. The molecule has 0 bridgehead atoms. The first-order valence-electron chi connectivity index (χ1n) is 6.95. The van der Waals surface area contributed by atoms with Gasteiger partial charge in [0, 0.05) is 24.7 Å². The van der Waals surface area contributed by atoms with Gasteiger partial charge >= 0.3 is 5.97 Å². The lowest BCUT2D eigenvalue weighted by Gasteiger charge is -2.24. The standard InChI is InChI=1S/C14H15FN2O4/c15-11-6-12(13(17(20)21)5-10(11)14(18)19)16(9-3-4-9)7-8-1-2-8/h5-6,8-9H,1-4,7H2,(H,18,19). The molecule has 21 heavy (non-hydrogen) atoms. The molecule has 0 spiro atoms. The van der Waals surface area contributed by atoms with Crippen LogP contribution in [0.25, 0.3) is 0 Å². The number of anilines is 1. The van der Waals surface area contributed by atoms with Gasteiger partial charge in [-0.15, -0.1) is 0 Å². The number of halogens is 1. The summed E-state index contributed by atoms with van der Waals surface area (Å²) >= 11 is 0. The van der Waals surface area contributed by atoms with Gasteiger partial charge in [0.1, 0.15) is 17.1 Å². The van der Waals surface area contributed by atoms with Gasteiger partial charge in [-0.2, -0.15) is 0 Å². The van der Waals surface area contributed by atoms with E-state index in [-0.39, 0.29) is 17.4 Å². The fourth-order valence-electron chi connectivity index (χ4n) is 2.50. The van der Waals surface area contributed by atoms with E-state index >= 15 is 0 Å². The molecule has 0 aliphatic heterocycles. The number of hydrogen-bond acceptors (Lipinski definition) is 4. The normalized spacial score (nSPS) is 17.6. The average molecular weight is 294 g/mol. The number of nitrogens with zero attached hydrogens (tertiary/aromatic N) is 2. The van der Waals surface area contributed by atoms with Crippen LogP contribution in [0.2, 0.25) is 0 Å². The summed E-state index contributed by atoms with van der Waals surface area (Å²) in [4.78, 5) is 23.4. The molecule has 0 saturated heterocycles. The van der Waals surface area contributed by atoms with E-state index < -0.39 is 22.3 Å². The lowest BCUT2D eigenvalue weighted by atomic mass is 10.1. The summed E-state index contributed by atoms with van der Waals surface area (Å²) in [7, 11) is 0. The third-order valence-electron chi connectivity index (χ3n) is 3.94. The molecule has 1 aromatic carbocycles. The summed E-state index contributed by atoms with van der Waals surface area (Å²) in [6.45, 7) is 0.678. The lowest BCUT2D eigenvalue weighted by molar-refractivity contribution is -0.384. The molecule has 2 aliphatic carbocycles. The van der Waals surface area contributed by atoms with Crippen LogP contribution in [0.15, 0.2) is 12.1 Å². The van der Waals surface area contributed by atoms with Crippen LogP contribution < -0.4 is 4.90 Å². The van der Waals surface area contributed by atoms with E-state index in [4.69, 9.17) is 5.11 Å². The Morgan fingerprint density at radius 1 is 1.38 bits per heavy atom. The van der Waals surface area contributed by atoms with Gasteiger partial charge in [-0.1, -0.05) is 0 Å². The van der Waals surface area contributed by atoms with Crippen molar-refractivity contribution in [2.45, 2.75) is 31.7 Å². The average Bonchev–Trinajstić information content (AvgIpc) is 3.27. The highest BCUT2D eigenvalue weighted by atomic mass is 19.1. The molecule has 2 aliphatic rings. The summed E-state index contributed by atoms with van der Waals surface area (Å²) in [6.07, 6.45) is 4.05. The number of carboxylic acid groups (broad SMARTS) is 1. The largest absolute Gasteiger partial charge is 0.478 e. The van der Waals surface area contributed by atoms with Crippen molar-refractivity contribution in [1.82, 2.24) is 0 Å². The number of hydrogen-bond donors (Lipinski definition) is 1. The minimum atomic E-state index is -1.50. The fraction of sp³-hybridized carbons (Fsp3) is 0.500. The SMILES string of the molecule is O=C(O)c1cc([N+](=O)[O-])c(N(CC2CC2)C2CC2)cc1F. The van der Waals surface area contributed by atoms with Gasteiger partial charge in [0.25, 0.3) is 5.69 Å². The molecule has 0 unspecified atom stereocenters. The number of rotatable bonds is 6. The fourth-order valence-corrected chi connectivity index (χ4v) is 2.50. The van der Waals surface area contributed by atoms with Crippen LogP contribution >= 0.6 is 0 Å². The molecule has 3 rings (SSSR count). The molecule has 7 heteroatoms. The number of aromatic carboxylic acids is 1. The van der Waals surface area contributed by atoms with Crippen molar-refractivity contribution in [3.8, 4) is 0 Å². The maximum atomic E-state index is 13.9. The molecule has 1 aromatic rings. The summed E-state index contributed by atoms with van der Waals surface area (Å²) in [5.74, 6) is -1.92. The van der Waals surface area contributed by atoms with E-state index in [1.807, 2.05) is 4.90 Å². The highest BCUT2D eigenvalue weighted by Crippen LogP contribution is 2.41. The number of carbonyl (C=O) groups is 1. The molecular weight excluding hydrogens is 279 g/mol. The van der Waals surface area contributed by atoms with Crippen molar-refractivity contribution in [3.05, 3.63) is 33.6 Å². The zero-order valence-electron chi connectivity index (χ0n) is 11.3. The molecule has 2 fully saturated rings. The van der Waals surface area contributed by atoms with E-state index in [1.165, 1.54) is 0 Å². The van der Waals surface area contributed by atoms with Crippen LogP contribution in [0.4, 0.5) is 15.8 Å². The van der Waals surface area contributed by atoms with Crippen molar-refractivity contribution in [1.29, 1.82) is 0 Å². The quantitative estimate of drug-likeness (QED) is 0.644. The number of benzene rings is 1. The predicted octanol–water partition coefficient (Wildman–Crippen LogP) is 2.81. The molecular formula is C14H15FN2O4. The van der Waals surface area contributed by atoms with Crippen molar-refractivity contribution < 1.29 is 19.2 Å². The van der Waals surface area contributed by atoms with Gasteiger partial charge in [-0.3, -0.25) is 10.1 Å². The van der Waals surface area contributed by atoms with Gasteiger partial charge in [0.2, 0.25) is 0 Å². The predicted molar refractivity (Wildman–Crippen MR) is 73.1 cm³/mol. The van der Waals surface area contributed by atoms with E-state index in [0.29, 0.717) is 12.5 Å². The molecule has 0 heterocycles. The molecule has 0 radical (unpaired) electrons. The molecule has 0 aromatic heterocycles. The van der Waals surface area contributed by atoms with Crippen LogP contribution in [-0.2, 0) is 0 Å². The lowest BCUT2D eigenvalue weighted by Crippen LogP contribution is -2.29. The highest BCUT2D eigenvalue weighted by molar-refractivity contribution is 5.90. The Bertz CT molecular complexity index is 611. The van der Waals surface area contributed by atoms with Gasteiger partial charge in [0.05, 0.1) is 4.92 Å². The minimum absolute atomic E-state index is 0.205. The summed E-state index contributed by atoms with van der Waals surface area (Å²) < 4.78 is 13.9. The first kappa shape index (κ1) is 13.8. The molecule has 112 valence electrons. The van der Waals surface area contributed by atoms with Crippen LogP contribution in [0.1, 0.15) is 36.0 Å². The second-order valence-electron chi connectivity index (χ2n) is 5.71. The van der Waals surface area contributed by atoms with Crippen molar-refractivity contribution >= 4 is 17.3 Å². The first-order valence-corrected chi connectivity index (χ1v) is 6.95. The Balaban J connectivity index is 2.03. The van der Waals surface area contributed by atoms with Crippen molar-refractivity contribution in [2.24, 2.45) is 5.92 Å². The number of nitro benzene ring substituents is 1. The molecule has 6 nitrogen and oxygen atoms in total. The van der Waals surface area contributed by atoms with Gasteiger partial charge < -0.3 is 10.0 Å². The number of nitro groups is 1. The van der Waals surface area contributed by atoms with E-state index in [0.717, 1.165) is 37.8 Å². The van der Waals surface area contributed by atoms with Gasteiger partial charge in [0.15, 0.2) is 0 Å². The smallest absolute Gasteiger partial charge is 0.338 e. The Morgan fingerprint density at radius 3 is 2.52 bits per heavy atom. The zero-order chi connectivity index (χ0) is 15.1.